The molecule has 0 unspecified atom stereocenters. The molecule has 4 amide bonds. The number of aromatic nitrogens is 1. The Morgan fingerprint density at radius 3 is 2.65 bits per heavy atom. The van der Waals surface area contributed by atoms with Crippen molar-refractivity contribution in [2.45, 2.75) is 25.8 Å². The van der Waals surface area contributed by atoms with Gasteiger partial charge < -0.3 is 15.0 Å². The predicted octanol–water partition coefficient (Wildman–Crippen LogP) is 0.415. The topological polar surface area (TPSA) is 109 Å². The van der Waals surface area contributed by atoms with E-state index in [2.05, 4.69) is 10.3 Å². The van der Waals surface area contributed by atoms with E-state index in [0.717, 1.165) is 4.90 Å². The minimum absolute atomic E-state index is 0.0769. The van der Waals surface area contributed by atoms with Crippen LogP contribution in [0.4, 0.5) is 4.79 Å². The van der Waals surface area contributed by atoms with Crippen LogP contribution in [0.15, 0.2) is 18.3 Å². The van der Waals surface area contributed by atoms with Crippen molar-refractivity contribution in [2.75, 3.05) is 26.2 Å². The largest absolute Gasteiger partial charge is 0.450 e. The second kappa shape index (κ2) is 7.51. The molecule has 0 atom stereocenters. The summed E-state index contributed by atoms with van der Waals surface area (Å²) in [7, 11) is 0. The molecule has 3 heterocycles. The number of fused-ring (bicyclic) bond motifs is 1. The Balaban J connectivity index is 1.51. The van der Waals surface area contributed by atoms with Gasteiger partial charge in [0.2, 0.25) is 5.91 Å². The van der Waals surface area contributed by atoms with Gasteiger partial charge in [0.1, 0.15) is 12.2 Å². The normalized spacial score (nSPS) is 17.3. The Labute approximate surface area is 150 Å². The van der Waals surface area contributed by atoms with Crippen LogP contribution in [0.3, 0.4) is 0 Å². The zero-order valence-electron chi connectivity index (χ0n) is 14.4. The molecule has 9 heteroatoms. The highest BCUT2D eigenvalue weighted by Crippen LogP contribution is 2.20. The molecule has 0 aliphatic carbocycles. The first kappa shape index (κ1) is 17.8. The molecule has 0 radical (unpaired) electrons. The van der Waals surface area contributed by atoms with Crippen molar-refractivity contribution in [1.82, 2.24) is 20.1 Å². The third kappa shape index (κ3) is 3.51. The molecule has 0 aromatic carbocycles. The van der Waals surface area contributed by atoms with E-state index in [-0.39, 0.29) is 29.9 Å². The molecule has 2 aliphatic heterocycles. The monoisotopic (exact) mass is 360 g/mol. The number of nitrogens with zero attached hydrogens (tertiary/aromatic N) is 3. The van der Waals surface area contributed by atoms with Crippen molar-refractivity contribution in [3.63, 3.8) is 0 Å². The third-order valence-electron chi connectivity index (χ3n) is 4.42. The Kier molecular flexibility index (Phi) is 5.15. The van der Waals surface area contributed by atoms with Gasteiger partial charge >= 0.3 is 6.09 Å². The van der Waals surface area contributed by atoms with Gasteiger partial charge in [0, 0.05) is 25.3 Å². The van der Waals surface area contributed by atoms with Gasteiger partial charge in [0.25, 0.3) is 11.8 Å². The SMILES string of the molecule is CCOC(=O)N1CCC(NC(=O)CN2C(=O)c3cccnc3C2=O)CC1. The van der Waals surface area contributed by atoms with Crippen LogP contribution in [0.2, 0.25) is 0 Å². The molecule has 138 valence electrons. The van der Waals surface area contributed by atoms with Gasteiger partial charge in [-0.1, -0.05) is 0 Å². The van der Waals surface area contributed by atoms with Crippen LogP contribution in [-0.4, -0.2) is 70.9 Å². The fraction of sp³-hybridized carbons (Fsp3) is 0.471. The lowest BCUT2D eigenvalue weighted by atomic mass is 10.1. The van der Waals surface area contributed by atoms with Crippen LogP contribution in [-0.2, 0) is 9.53 Å². The molecule has 1 N–H and O–H groups in total. The first-order valence-electron chi connectivity index (χ1n) is 8.53. The van der Waals surface area contributed by atoms with Crippen molar-refractivity contribution in [1.29, 1.82) is 0 Å². The Hall–Kier alpha value is -2.97. The number of nitrogens with one attached hydrogen (secondary N) is 1. The number of imide groups is 1. The van der Waals surface area contributed by atoms with Crippen molar-refractivity contribution >= 4 is 23.8 Å². The van der Waals surface area contributed by atoms with Gasteiger partial charge in [0.05, 0.1) is 12.2 Å². The predicted molar refractivity (Wildman–Crippen MR) is 89.4 cm³/mol. The van der Waals surface area contributed by atoms with Gasteiger partial charge in [-0.25, -0.2) is 4.79 Å². The maximum absolute atomic E-state index is 12.2. The number of hydrogen-bond donors (Lipinski definition) is 1. The van der Waals surface area contributed by atoms with E-state index >= 15 is 0 Å². The minimum atomic E-state index is -0.558. The molecule has 2 aliphatic rings. The van der Waals surface area contributed by atoms with Crippen LogP contribution >= 0.6 is 0 Å². The number of rotatable bonds is 4. The van der Waals surface area contributed by atoms with E-state index < -0.39 is 17.7 Å². The van der Waals surface area contributed by atoms with E-state index in [1.165, 1.54) is 12.3 Å². The number of ether oxygens (including phenoxy) is 1. The molecule has 0 spiro atoms. The molecular weight excluding hydrogens is 340 g/mol. The van der Waals surface area contributed by atoms with Crippen molar-refractivity contribution in [3.8, 4) is 0 Å². The third-order valence-corrected chi connectivity index (χ3v) is 4.42. The quantitative estimate of drug-likeness (QED) is 0.779. The fourth-order valence-electron chi connectivity index (χ4n) is 3.10. The molecule has 1 aromatic rings. The summed E-state index contributed by atoms with van der Waals surface area (Å²) in [5.41, 5.74) is 0.293. The Morgan fingerprint density at radius 2 is 2.00 bits per heavy atom. The molecule has 0 bridgehead atoms. The summed E-state index contributed by atoms with van der Waals surface area (Å²) in [5, 5.41) is 2.82. The van der Waals surface area contributed by atoms with Gasteiger partial charge in [-0.3, -0.25) is 24.3 Å². The zero-order chi connectivity index (χ0) is 18.7. The lowest BCUT2D eigenvalue weighted by molar-refractivity contribution is -0.122. The number of likely N-dealkylation sites (tertiary alicyclic amines) is 1. The highest BCUT2D eigenvalue weighted by Gasteiger charge is 2.38. The van der Waals surface area contributed by atoms with Gasteiger partial charge in [0.15, 0.2) is 0 Å². The number of amides is 4. The lowest BCUT2D eigenvalue weighted by Crippen LogP contribution is -2.49. The zero-order valence-corrected chi connectivity index (χ0v) is 14.4. The summed E-state index contributed by atoms with van der Waals surface area (Å²) < 4.78 is 4.95. The molecule has 1 fully saturated rings. The minimum Gasteiger partial charge on any atom is -0.450 e. The second-order valence-corrected chi connectivity index (χ2v) is 6.12. The number of piperidine rings is 1. The standard InChI is InChI=1S/C17H20N4O5/c1-2-26-17(25)20-8-5-11(6-9-20)19-13(22)10-21-15(23)12-4-3-7-18-14(12)16(21)24/h3-4,7,11H,2,5-6,8-10H2,1H3,(H,19,22). The van der Waals surface area contributed by atoms with Gasteiger partial charge in [-0.05, 0) is 31.9 Å². The number of pyridine rings is 1. The average molecular weight is 360 g/mol. The summed E-state index contributed by atoms with van der Waals surface area (Å²) >= 11 is 0. The molecular formula is C17H20N4O5. The van der Waals surface area contributed by atoms with Crippen LogP contribution in [0.5, 0.6) is 0 Å². The summed E-state index contributed by atoms with van der Waals surface area (Å²) in [4.78, 5) is 54.8. The van der Waals surface area contributed by atoms with E-state index in [4.69, 9.17) is 4.74 Å². The summed E-state index contributed by atoms with van der Waals surface area (Å²) in [6, 6.07) is 2.98. The molecule has 1 saturated heterocycles. The summed E-state index contributed by atoms with van der Waals surface area (Å²) in [6.07, 6.45) is 2.27. The summed E-state index contributed by atoms with van der Waals surface area (Å²) in [5.74, 6) is -1.47. The van der Waals surface area contributed by atoms with E-state index in [1.807, 2.05) is 0 Å². The molecule has 0 saturated carbocycles. The maximum atomic E-state index is 12.2. The van der Waals surface area contributed by atoms with E-state index in [1.54, 1.807) is 17.9 Å². The molecule has 26 heavy (non-hydrogen) atoms. The van der Waals surface area contributed by atoms with Crippen LogP contribution in [0.25, 0.3) is 0 Å². The van der Waals surface area contributed by atoms with Crippen LogP contribution in [0, 0.1) is 0 Å². The number of hydrogen-bond acceptors (Lipinski definition) is 6. The van der Waals surface area contributed by atoms with Crippen LogP contribution < -0.4 is 5.32 Å². The fourth-order valence-corrected chi connectivity index (χ4v) is 3.10. The summed E-state index contributed by atoms with van der Waals surface area (Å²) in [6.45, 7) is 2.71. The maximum Gasteiger partial charge on any atom is 0.409 e. The second-order valence-electron chi connectivity index (χ2n) is 6.12. The van der Waals surface area contributed by atoms with Crippen LogP contribution in [0.1, 0.15) is 40.6 Å². The molecule has 1 aromatic heterocycles. The molecule has 9 nitrogen and oxygen atoms in total. The van der Waals surface area contributed by atoms with Crippen molar-refractivity contribution in [2.24, 2.45) is 0 Å². The van der Waals surface area contributed by atoms with Crippen molar-refractivity contribution < 1.29 is 23.9 Å². The van der Waals surface area contributed by atoms with Gasteiger partial charge in [-0.2, -0.15) is 0 Å². The van der Waals surface area contributed by atoms with E-state index in [9.17, 15) is 19.2 Å². The first-order valence-corrected chi connectivity index (χ1v) is 8.53. The lowest BCUT2D eigenvalue weighted by Gasteiger charge is -2.31. The van der Waals surface area contributed by atoms with Crippen molar-refractivity contribution in [3.05, 3.63) is 29.6 Å². The first-order chi connectivity index (χ1) is 12.5. The Morgan fingerprint density at radius 1 is 1.27 bits per heavy atom. The average Bonchev–Trinajstić information content (AvgIpc) is 2.88. The molecule has 3 rings (SSSR count). The Bertz CT molecular complexity index is 707. The van der Waals surface area contributed by atoms with E-state index in [0.29, 0.717) is 32.5 Å². The number of carbonyl (C=O) groups is 4. The smallest absolute Gasteiger partial charge is 0.409 e. The highest BCUT2D eigenvalue weighted by molar-refractivity contribution is 6.21. The van der Waals surface area contributed by atoms with Gasteiger partial charge in [-0.15, -0.1) is 0 Å². The number of carbonyl (C=O) groups excluding carboxylic acids is 4. The highest BCUT2D eigenvalue weighted by atomic mass is 16.6.